The van der Waals surface area contributed by atoms with Crippen molar-refractivity contribution in [1.82, 2.24) is 0 Å². The van der Waals surface area contributed by atoms with Gasteiger partial charge in [-0.25, -0.2) is 0 Å². The molecule has 48 heavy (non-hydrogen) atoms. The van der Waals surface area contributed by atoms with Gasteiger partial charge in [-0.1, -0.05) is 158 Å². The molecule has 3 unspecified atom stereocenters. The molecule has 0 spiro atoms. The van der Waals surface area contributed by atoms with Gasteiger partial charge < -0.3 is 0 Å². The van der Waals surface area contributed by atoms with E-state index in [2.05, 4.69) is 176 Å². The van der Waals surface area contributed by atoms with Crippen molar-refractivity contribution in [2.24, 2.45) is 17.8 Å². The summed E-state index contributed by atoms with van der Waals surface area (Å²) >= 11 is 0. The van der Waals surface area contributed by atoms with Gasteiger partial charge in [0, 0.05) is 17.8 Å². The number of hydrogen-bond acceptors (Lipinski definition) is 0. The fraction of sp³-hybridized carbons (Fsp3) is 0.125. The lowest BCUT2D eigenvalue weighted by Gasteiger charge is -2.37. The average molecular weight is 615 g/mol. The minimum absolute atomic E-state index is 0.228. The minimum atomic E-state index is 0.228. The maximum absolute atomic E-state index is 2.47. The van der Waals surface area contributed by atoms with Crippen molar-refractivity contribution in [3.05, 3.63) is 214 Å². The van der Waals surface area contributed by atoms with Gasteiger partial charge in [-0.2, -0.15) is 0 Å². The fourth-order valence-electron chi connectivity index (χ4n) is 8.41. The van der Waals surface area contributed by atoms with E-state index >= 15 is 0 Å². The van der Waals surface area contributed by atoms with E-state index in [0.717, 1.165) is 19.3 Å². The molecule has 0 aliphatic heterocycles. The van der Waals surface area contributed by atoms with E-state index in [1.54, 1.807) is 0 Å². The third kappa shape index (κ3) is 5.09. The zero-order valence-electron chi connectivity index (χ0n) is 27.1. The topological polar surface area (TPSA) is 0 Å². The first-order valence-corrected chi connectivity index (χ1v) is 17.4. The van der Waals surface area contributed by atoms with Crippen molar-refractivity contribution in [3.8, 4) is 11.1 Å². The summed E-state index contributed by atoms with van der Waals surface area (Å²) in [5, 5.41) is 2.72. The molecule has 3 atom stereocenters. The SMILES string of the molecule is C1=CC2=CC(c3ccccc3)=C(C3=c4ccccc4=C(c4cc(C5=CCCC=C5)cc(-c5ccccc5)c4)C4C=CC=CC34)CC2C=C1. The quantitative estimate of drug-likeness (QED) is 0.210. The number of allylic oxidation sites excluding steroid dienone is 16. The smallest absolute Gasteiger partial charge is 0.0137 e. The molecule has 0 N–H and O–H groups in total. The van der Waals surface area contributed by atoms with Crippen molar-refractivity contribution in [2.75, 3.05) is 0 Å². The summed E-state index contributed by atoms with van der Waals surface area (Å²) in [5.74, 6) is 0.863. The van der Waals surface area contributed by atoms with Crippen molar-refractivity contribution in [3.63, 3.8) is 0 Å². The molecule has 0 heteroatoms. The van der Waals surface area contributed by atoms with Gasteiger partial charge in [0.15, 0.2) is 0 Å². The molecular weight excluding hydrogens is 577 g/mol. The summed E-state index contributed by atoms with van der Waals surface area (Å²) in [5.41, 5.74) is 14.9. The molecule has 0 heterocycles. The molecule has 0 saturated heterocycles. The highest BCUT2D eigenvalue weighted by Gasteiger charge is 2.35. The molecule has 4 aromatic rings. The molecule has 0 radical (unpaired) electrons. The second kappa shape index (κ2) is 12.3. The molecule has 9 rings (SSSR count). The molecule has 0 aromatic heterocycles. The van der Waals surface area contributed by atoms with E-state index < -0.39 is 0 Å². The Hall–Kier alpha value is -5.46. The van der Waals surface area contributed by atoms with Crippen LogP contribution in [-0.2, 0) is 0 Å². The fourth-order valence-corrected chi connectivity index (χ4v) is 8.41. The van der Waals surface area contributed by atoms with Gasteiger partial charge in [0.2, 0.25) is 0 Å². The van der Waals surface area contributed by atoms with Crippen LogP contribution in [0, 0.1) is 17.8 Å². The molecule has 5 aliphatic rings. The van der Waals surface area contributed by atoms with Crippen LogP contribution in [0.25, 0.3) is 33.4 Å². The highest BCUT2D eigenvalue weighted by atomic mass is 14.4. The van der Waals surface area contributed by atoms with Crippen molar-refractivity contribution >= 4 is 22.3 Å². The Morgan fingerprint density at radius 1 is 0.500 bits per heavy atom. The van der Waals surface area contributed by atoms with Crippen molar-refractivity contribution in [2.45, 2.75) is 19.3 Å². The second-order valence-corrected chi connectivity index (χ2v) is 13.5. The zero-order chi connectivity index (χ0) is 31.9. The summed E-state index contributed by atoms with van der Waals surface area (Å²) in [6.07, 6.45) is 31.3. The Labute approximate surface area is 283 Å². The standard InChI is InChI=1S/C48H38/c1-4-16-33(17-5-1)38-28-39(34-18-6-2-7-19-34)30-40(29-38)47-41-24-12-14-26-43(41)48(44-27-15-13-25-42(44)47)46-32-37-23-11-10-22-36(37)31-45(46)35-20-8-3-9-21-35/h1,3-6,8-31,37,41,43H,2,7,32H2. The largest absolute Gasteiger partial charge is 0.0836 e. The monoisotopic (exact) mass is 614 g/mol. The van der Waals surface area contributed by atoms with E-state index in [1.165, 1.54) is 71.7 Å². The summed E-state index contributed by atoms with van der Waals surface area (Å²) < 4.78 is 0. The maximum Gasteiger partial charge on any atom is 0.0137 e. The summed E-state index contributed by atoms with van der Waals surface area (Å²) in [7, 11) is 0. The van der Waals surface area contributed by atoms with Gasteiger partial charge in [0.1, 0.15) is 0 Å². The number of benzene rings is 4. The van der Waals surface area contributed by atoms with E-state index in [-0.39, 0.29) is 11.8 Å². The van der Waals surface area contributed by atoms with Gasteiger partial charge in [0.25, 0.3) is 0 Å². The van der Waals surface area contributed by atoms with Gasteiger partial charge in [-0.15, -0.1) is 0 Å². The van der Waals surface area contributed by atoms with Gasteiger partial charge >= 0.3 is 0 Å². The molecule has 0 bridgehead atoms. The lowest BCUT2D eigenvalue weighted by molar-refractivity contribution is 0.669. The normalized spacial score (nSPS) is 22.2. The van der Waals surface area contributed by atoms with Crippen molar-refractivity contribution < 1.29 is 0 Å². The number of hydrogen-bond donors (Lipinski definition) is 0. The first-order valence-electron chi connectivity index (χ1n) is 17.4. The van der Waals surface area contributed by atoms with Crippen LogP contribution in [0.4, 0.5) is 0 Å². The van der Waals surface area contributed by atoms with E-state index in [1.807, 2.05) is 0 Å². The highest BCUT2D eigenvalue weighted by Crippen LogP contribution is 2.47. The molecule has 230 valence electrons. The highest BCUT2D eigenvalue weighted by molar-refractivity contribution is 5.93. The van der Waals surface area contributed by atoms with E-state index in [0.29, 0.717) is 5.92 Å². The van der Waals surface area contributed by atoms with Crippen LogP contribution in [0.3, 0.4) is 0 Å². The molecule has 0 nitrogen and oxygen atoms in total. The minimum Gasteiger partial charge on any atom is -0.0836 e. The summed E-state index contributed by atoms with van der Waals surface area (Å²) in [6.45, 7) is 0. The van der Waals surface area contributed by atoms with Crippen LogP contribution in [0.1, 0.15) is 36.0 Å². The predicted octanol–water partition coefficient (Wildman–Crippen LogP) is 10.3. The number of rotatable bonds is 5. The van der Waals surface area contributed by atoms with Crippen LogP contribution in [0.5, 0.6) is 0 Å². The molecular formula is C48H38. The third-order valence-corrected chi connectivity index (χ3v) is 10.6. The molecule has 0 fully saturated rings. The van der Waals surface area contributed by atoms with Crippen molar-refractivity contribution in [1.29, 1.82) is 0 Å². The van der Waals surface area contributed by atoms with Gasteiger partial charge in [-0.3, -0.25) is 0 Å². The molecule has 0 saturated carbocycles. The van der Waals surface area contributed by atoms with Crippen LogP contribution < -0.4 is 10.4 Å². The second-order valence-electron chi connectivity index (χ2n) is 13.5. The zero-order valence-corrected chi connectivity index (χ0v) is 27.1. The summed E-state index contributed by atoms with van der Waals surface area (Å²) in [6, 6.07) is 38.4. The Kier molecular flexibility index (Phi) is 7.36. The first kappa shape index (κ1) is 28.7. The van der Waals surface area contributed by atoms with E-state index in [9.17, 15) is 0 Å². The van der Waals surface area contributed by atoms with E-state index in [4.69, 9.17) is 0 Å². The first-order chi connectivity index (χ1) is 23.8. The van der Waals surface area contributed by atoms with Crippen LogP contribution >= 0.6 is 0 Å². The van der Waals surface area contributed by atoms with Crippen LogP contribution in [0.15, 0.2) is 187 Å². The number of fused-ring (bicyclic) bond motifs is 3. The Balaban J connectivity index is 1.35. The Morgan fingerprint density at radius 2 is 1.15 bits per heavy atom. The maximum atomic E-state index is 2.47. The third-order valence-electron chi connectivity index (χ3n) is 10.6. The lowest BCUT2D eigenvalue weighted by atomic mass is 9.66. The van der Waals surface area contributed by atoms with Gasteiger partial charge in [-0.05, 0) is 109 Å². The predicted molar refractivity (Wildman–Crippen MR) is 203 cm³/mol. The van der Waals surface area contributed by atoms with Crippen LogP contribution in [0.2, 0.25) is 0 Å². The molecule has 4 aromatic carbocycles. The Morgan fingerprint density at radius 3 is 1.90 bits per heavy atom. The summed E-state index contributed by atoms with van der Waals surface area (Å²) in [4.78, 5) is 0. The lowest BCUT2D eigenvalue weighted by Crippen LogP contribution is -2.41. The average Bonchev–Trinajstić information content (AvgIpc) is 3.17. The van der Waals surface area contributed by atoms with Gasteiger partial charge in [0.05, 0.1) is 0 Å². The molecule has 0 amide bonds. The van der Waals surface area contributed by atoms with Crippen LogP contribution in [-0.4, -0.2) is 0 Å². The Bertz CT molecular complexity index is 2290. The molecule has 5 aliphatic carbocycles.